The van der Waals surface area contributed by atoms with Crippen LogP contribution in [-0.2, 0) is 10.0 Å². The number of amides is 1. The number of sulfonamides is 1. The largest absolute Gasteiger partial charge is 0.493 e. The van der Waals surface area contributed by atoms with Gasteiger partial charge in [0.25, 0.3) is 21.8 Å². The number of benzene rings is 2. The minimum atomic E-state index is -3.93. The summed E-state index contributed by atoms with van der Waals surface area (Å²) in [5.41, 5.74) is 0.836. The highest BCUT2D eigenvalue weighted by atomic mass is 32.2. The first-order valence-electron chi connectivity index (χ1n) is 10.3. The molecule has 10 heteroatoms. The fourth-order valence-corrected chi connectivity index (χ4v) is 3.84. The van der Waals surface area contributed by atoms with Gasteiger partial charge >= 0.3 is 0 Å². The average molecular weight is 471 g/mol. The minimum Gasteiger partial charge on any atom is -0.493 e. The lowest BCUT2D eigenvalue weighted by Gasteiger charge is -2.13. The second-order valence-corrected chi connectivity index (χ2v) is 9.21. The predicted octanol–water partition coefficient (Wildman–Crippen LogP) is 3.96. The maximum absolute atomic E-state index is 12.8. The Bertz CT molecular complexity index is 1200. The fourth-order valence-electron chi connectivity index (χ4n) is 2.83. The number of hydrogen-bond acceptors (Lipinski definition) is 7. The minimum absolute atomic E-state index is 0.00868. The van der Waals surface area contributed by atoms with E-state index in [0.29, 0.717) is 29.5 Å². The first kappa shape index (κ1) is 24.0. The van der Waals surface area contributed by atoms with Gasteiger partial charge in [-0.3, -0.25) is 9.52 Å². The summed E-state index contributed by atoms with van der Waals surface area (Å²) in [6, 6.07) is 12.8. The van der Waals surface area contributed by atoms with E-state index in [1.54, 1.807) is 24.3 Å². The summed E-state index contributed by atoms with van der Waals surface area (Å²) < 4.78 is 38.5. The summed E-state index contributed by atoms with van der Waals surface area (Å²) in [5.74, 6) is 0.668. The highest BCUT2D eigenvalue weighted by Gasteiger charge is 2.19. The van der Waals surface area contributed by atoms with E-state index in [0.717, 1.165) is 6.42 Å². The number of aromatic nitrogens is 2. The van der Waals surface area contributed by atoms with Crippen molar-refractivity contribution < 1.29 is 22.7 Å². The Morgan fingerprint density at radius 1 is 1.03 bits per heavy atom. The highest BCUT2D eigenvalue weighted by Crippen LogP contribution is 2.24. The Balaban J connectivity index is 1.70. The molecule has 1 heterocycles. The molecule has 2 N–H and O–H groups in total. The topological polar surface area (TPSA) is 120 Å². The number of methoxy groups -OCH3 is 1. The van der Waals surface area contributed by atoms with Crippen LogP contribution in [0.1, 0.15) is 30.6 Å². The molecule has 0 atom stereocenters. The molecule has 0 bridgehead atoms. The van der Waals surface area contributed by atoms with E-state index in [9.17, 15) is 13.2 Å². The zero-order valence-corrected chi connectivity index (χ0v) is 19.4. The molecular formula is C23H26N4O5S. The molecule has 0 aliphatic carbocycles. The quantitative estimate of drug-likeness (QED) is 0.460. The van der Waals surface area contributed by atoms with Crippen molar-refractivity contribution in [1.29, 1.82) is 0 Å². The second kappa shape index (κ2) is 10.8. The second-order valence-electron chi connectivity index (χ2n) is 7.53. The van der Waals surface area contributed by atoms with E-state index in [2.05, 4.69) is 33.9 Å². The molecule has 3 aromatic rings. The number of anilines is 2. The standard InChI is InChI=1S/C23H26N4O5S/c1-16(2)12-15-32-20-7-5-4-6-19(20)22(28)26-17-8-10-18(11-9-17)33(29,30)27-21-23(31-3)25-14-13-24-21/h4-11,13-14,16H,12,15H2,1-3H3,(H,24,27)(H,26,28). The molecule has 0 aliphatic rings. The van der Waals surface area contributed by atoms with Crippen LogP contribution >= 0.6 is 0 Å². The molecule has 2 aromatic carbocycles. The van der Waals surface area contributed by atoms with Crippen molar-refractivity contribution in [2.75, 3.05) is 23.8 Å². The van der Waals surface area contributed by atoms with Crippen molar-refractivity contribution in [3.05, 3.63) is 66.5 Å². The molecule has 33 heavy (non-hydrogen) atoms. The lowest BCUT2D eigenvalue weighted by atomic mass is 10.1. The van der Waals surface area contributed by atoms with Crippen molar-refractivity contribution >= 4 is 27.4 Å². The maximum Gasteiger partial charge on any atom is 0.263 e. The number of ether oxygens (including phenoxy) is 2. The lowest BCUT2D eigenvalue weighted by Crippen LogP contribution is -2.16. The molecule has 0 saturated heterocycles. The van der Waals surface area contributed by atoms with Crippen molar-refractivity contribution in [3.8, 4) is 11.6 Å². The van der Waals surface area contributed by atoms with Gasteiger partial charge in [0, 0.05) is 18.1 Å². The molecule has 1 aromatic heterocycles. The van der Waals surface area contributed by atoms with E-state index in [1.807, 2.05) is 0 Å². The van der Waals surface area contributed by atoms with Crippen LogP contribution < -0.4 is 19.5 Å². The van der Waals surface area contributed by atoms with Crippen molar-refractivity contribution in [2.45, 2.75) is 25.2 Å². The first-order chi connectivity index (χ1) is 15.8. The molecule has 0 spiro atoms. The number of carbonyl (C=O) groups excluding carboxylic acids is 1. The van der Waals surface area contributed by atoms with Crippen molar-refractivity contribution in [3.63, 3.8) is 0 Å². The number of rotatable bonds is 10. The van der Waals surface area contributed by atoms with E-state index < -0.39 is 10.0 Å². The van der Waals surface area contributed by atoms with Crippen LogP contribution in [0.3, 0.4) is 0 Å². The molecule has 0 unspecified atom stereocenters. The van der Waals surface area contributed by atoms with Gasteiger partial charge < -0.3 is 14.8 Å². The highest BCUT2D eigenvalue weighted by molar-refractivity contribution is 7.92. The fraction of sp³-hybridized carbons (Fsp3) is 0.261. The molecule has 1 amide bonds. The zero-order valence-electron chi connectivity index (χ0n) is 18.6. The average Bonchev–Trinajstić information content (AvgIpc) is 2.79. The van der Waals surface area contributed by atoms with Crippen molar-refractivity contribution in [2.24, 2.45) is 5.92 Å². The SMILES string of the molecule is COc1nccnc1NS(=O)(=O)c1ccc(NC(=O)c2ccccc2OCCC(C)C)cc1. The summed E-state index contributed by atoms with van der Waals surface area (Å²) >= 11 is 0. The first-order valence-corrected chi connectivity index (χ1v) is 11.8. The number of nitrogens with one attached hydrogen (secondary N) is 2. The van der Waals surface area contributed by atoms with Crippen LogP contribution in [0.15, 0.2) is 65.8 Å². The summed E-state index contributed by atoms with van der Waals surface area (Å²) in [6.07, 6.45) is 3.62. The summed E-state index contributed by atoms with van der Waals surface area (Å²) in [5, 5.41) is 2.77. The molecule has 0 fully saturated rings. The molecule has 3 rings (SSSR count). The third-order valence-electron chi connectivity index (χ3n) is 4.60. The third-order valence-corrected chi connectivity index (χ3v) is 5.95. The van der Waals surface area contributed by atoms with Crippen LogP contribution in [0.5, 0.6) is 11.6 Å². The summed E-state index contributed by atoms with van der Waals surface area (Å²) in [7, 11) is -2.56. The van der Waals surface area contributed by atoms with Gasteiger partial charge in [0.2, 0.25) is 5.82 Å². The van der Waals surface area contributed by atoms with Gasteiger partial charge in [0.05, 0.1) is 24.2 Å². The van der Waals surface area contributed by atoms with Gasteiger partial charge in [-0.2, -0.15) is 0 Å². The predicted molar refractivity (Wildman–Crippen MR) is 125 cm³/mol. The lowest BCUT2D eigenvalue weighted by molar-refractivity contribution is 0.102. The van der Waals surface area contributed by atoms with Crippen LogP contribution in [0.4, 0.5) is 11.5 Å². The van der Waals surface area contributed by atoms with Gasteiger partial charge in [0.1, 0.15) is 5.75 Å². The molecule has 0 saturated carbocycles. The Morgan fingerprint density at radius 2 is 1.73 bits per heavy atom. The Kier molecular flexibility index (Phi) is 7.83. The molecule has 9 nitrogen and oxygen atoms in total. The van der Waals surface area contributed by atoms with Gasteiger partial charge in [-0.25, -0.2) is 18.4 Å². The van der Waals surface area contributed by atoms with Crippen LogP contribution in [0, 0.1) is 5.92 Å². The molecule has 0 radical (unpaired) electrons. The zero-order chi connectivity index (χ0) is 23.8. The number of nitrogens with zero attached hydrogens (tertiary/aromatic N) is 2. The summed E-state index contributed by atoms with van der Waals surface area (Å²) in [6.45, 7) is 4.72. The Morgan fingerprint density at radius 3 is 2.42 bits per heavy atom. The van der Waals surface area contributed by atoms with E-state index >= 15 is 0 Å². The van der Waals surface area contributed by atoms with Gasteiger partial charge in [0.15, 0.2) is 0 Å². The Labute approximate surface area is 193 Å². The van der Waals surface area contributed by atoms with Gasteiger partial charge in [-0.1, -0.05) is 26.0 Å². The monoisotopic (exact) mass is 470 g/mol. The van der Waals surface area contributed by atoms with Crippen LogP contribution in [0.25, 0.3) is 0 Å². The van der Waals surface area contributed by atoms with Crippen LogP contribution in [-0.4, -0.2) is 38.0 Å². The number of hydrogen-bond donors (Lipinski definition) is 2. The summed E-state index contributed by atoms with van der Waals surface area (Å²) in [4.78, 5) is 20.6. The molecular weight excluding hydrogens is 444 g/mol. The number of carbonyl (C=O) groups is 1. The smallest absolute Gasteiger partial charge is 0.263 e. The Hall–Kier alpha value is -3.66. The van der Waals surface area contributed by atoms with Gasteiger partial charge in [-0.15, -0.1) is 0 Å². The number of para-hydroxylation sites is 1. The van der Waals surface area contributed by atoms with E-state index in [4.69, 9.17) is 9.47 Å². The third kappa shape index (κ3) is 6.42. The van der Waals surface area contributed by atoms with E-state index in [-0.39, 0.29) is 22.5 Å². The van der Waals surface area contributed by atoms with Crippen LogP contribution in [0.2, 0.25) is 0 Å². The molecule has 174 valence electrons. The maximum atomic E-state index is 12.8. The van der Waals surface area contributed by atoms with Gasteiger partial charge in [-0.05, 0) is 48.7 Å². The normalized spacial score (nSPS) is 11.2. The van der Waals surface area contributed by atoms with Crippen molar-refractivity contribution in [1.82, 2.24) is 9.97 Å². The van der Waals surface area contributed by atoms with E-state index in [1.165, 1.54) is 43.8 Å². The molecule has 0 aliphatic heterocycles.